The molecule has 0 spiro atoms. The summed E-state index contributed by atoms with van der Waals surface area (Å²) in [6.45, 7) is -3.16. The van der Waals surface area contributed by atoms with Gasteiger partial charge in [0.05, 0.1) is 12.0 Å². The molecule has 0 saturated carbocycles. The van der Waals surface area contributed by atoms with E-state index in [1.54, 1.807) is 0 Å². The van der Waals surface area contributed by atoms with E-state index in [2.05, 4.69) is 4.74 Å². The van der Waals surface area contributed by atoms with Crippen molar-refractivity contribution >= 4 is 12.3 Å². The van der Waals surface area contributed by atoms with E-state index in [9.17, 15) is 22.8 Å². The lowest BCUT2D eigenvalue weighted by Crippen LogP contribution is -2.08. The first-order valence-electron chi connectivity index (χ1n) is 4.38. The van der Waals surface area contributed by atoms with Crippen LogP contribution in [-0.2, 0) is 11.2 Å². The fourth-order valence-electron chi connectivity index (χ4n) is 1.26. The highest BCUT2D eigenvalue weighted by Crippen LogP contribution is 2.22. The smallest absolute Gasteiger partial charge is 0.387 e. The minimum absolute atomic E-state index is 0.125. The molecule has 1 aromatic carbocycles. The van der Waals surface area contributed by atoms with Crippen LogP contribution >= 0.6 is 0 Å². The molecule has 1 rings (SSSR count). The van der Waals surface area contributed by atoms with Crippen LogP contribution in [0.1, 0.15) is 15.9 Å². The number of aliphatic carboxylic acids is 1. The summed E-state index contributed by atoms with van der Waals surface area (Å²) in [7, 11) is 0. The fraction of sp³-hybridized carbons (Fsp3) is 0.200. The predicted molar refractivity (Wildman–Crippen MR) is 49.8 cm³/mol. The Kier molecular flexibility index (Phi) is 4.08. The van der Waals surface area contributed by atoms with E-state index in [0.717, 1.165) is 6.07 Å². The first-order valence-corrected chi connectivity index (χ1v) is 4.38. The molecule has 0 bridgehead atoms. The van der Waals surface area contributed by atoms with Crippen LogP contribution in [-0.4, -0.2) is 24.0 Å². The topological polar surface area (TPSA) is 63.6 Å². The summed E-state index contributed by atoms with van der Waals surface area (Å²) in [5.41, 5.74) is -0.697. The third-order valence-electron chi connectivity index (χ3n) is 1.87. The number of hydrogen-bond acceptors (Lipinski definition) is 3. The van der Waals surface area contributed by atoms with E-state index in [4.69, 9.17) is 5.11 Å². The van der Waals surface area contributed by atoms with Crippen molar-refractivity contribution in [1.82, 2.24) is 0 Å². The van der Waals surface area contributed by atoms with Gasteiger partial charge in [0, 0.05) is 6.07 Å². The van der Waals surface area contributed by atoms with Gasteiger partial charge in [0.1, 0.15) is 11.6 Å². The number of carboxylic acid groups (broad SMARTS) is 1. The average Bonchev–Trinajstić information content (AvgIpc) is 2.14. The first kappa shape index (κ1) is 13.0. The van der Waals surface area contributed by atoms with E-state index in [-0.39, 0.29) is 11.8 Å². The third-order valence-corrected chi connectivity index (χ3v) is 1.87. The molecule has 0 heterocycles. The van der Waals surface area contributed by atoms with Gasteiger partial charge in [-0.05, 0) is 11.6 Å². The van der Waals surface area contributed by atoms with Gasteiger partial charge in [-0.3, -0.25) is 9.59 Å². The minimum atomic E-state index is -3.16. The number of aldehydes is 1. The van der Waals surface area contributed by atoms with Gasteiger partial charge in [0.2, 0.25) is 0 Å². The molecule has 0 radical (unpaired) electrons. The Bertz CT molecular complexity index is 445. The average molecular weight is 248 g/mol. The van der Waals surface area contributed by atoms with Crippen molar-refractivity contribution in [3.63, 3.8) is 0 Å². The van der Waals surface area contributed by atoms with Gasteiger partial charge in [-0.1, -0.05) is 0 Å². The van der Waals surface area contributed by atoms with Crippen LogP contribution in [0.4, 0.5) is 13.2 Å². The molecule has 0 fully saturated rings. The molecular formula is C10H7F3O4. The maximum absolute atomic E-state index is 13.3. The Balaban J connectivity index is 3.18. The second-order valence-corrected chi connectivity index (χ2v) is 3.04. The van der Waals surface area contributed by atoms with E-state index in [1.165, 1.54) is 0 Å². The van der Waals surface area contributed by atoms with Crippen molar-refractivity contribution in [2.45, 2.75) is 13.0 Å². The number of benzene rings is 1. The first-order chi connectivity index (χ1) is 7.93. The summed E-state index contributed by atoms with van der Waals surface area (Å²) in [6, 6.07) is 1.49. The van der Waals surface area contributed by atoms with E-state index >= 15 is 0 Å². The standard InChI is InChI=1S/C10H7F3O4/c11-8-3-6(17-10(12)13)1-5(2-9(15)16)7(8)4-14/h1,3-4,10H,2H2,(H,15,16). The summed E-state index contributed by atoms with van der Waals surface area (Å²) >= 11 is 0. The van der Waals surface area contributed by atoms with Gasteiger partial charge in [0.25, 0.3) is 0 Å². The molecule has 0 aliphatic rings. The van der Waals surface area contributed by atoms with Crippen molar-refractivity contribution in [3.05, 3.63) is 29.1 Å². The van der Waals surface area contributed by atoms with Gasteiger partial charge in [-0.15, -0.1) is 0 Å². The zero-order chi connectivity index (χ0) is 13.0. The quantitative estimate of drug-likeness (QED) is 0.808. The Hall–Kier alpha value is -2.05. The summed E-state index contributed by atoms with van der Waals surface area (Å²) in [4.78, 5) is 21.0. The number of alkyl halides is 2. The van der Waals surface area contributed by atoms with E-state index < -0.39 is 36.1 Å². The molecule has 0 aliphatic carbocycles. The zero-order valence-corrected chi connectivity index (χ0v) is 8.32. The van der Waals surface area contributed by atoms with Crippen molar-refractivity contribution in [2.24, 2.45) is 0 Å². The Morgan fingerprint density at radius 2 is 2.12 bits per heavy atom. The van der Waals surface area contributed by atoms with Gasteiger partial charge >= 0.3 is 12.6 Å². The molecule has 1 N–H and O–H groups in total. The molecule has 0 aliphatic heterocycles. The van der Waals surface area contributed by atoms with Gasteiger partial charge in [-0.2, -0.15) is 8.78 Å². The monoisotopic (exact) mass is 248 g/mol. The predicted octanol–water partition coefficient (Wildman–Crippen LogP) is 1.87. The van der Waals surface area contributed by atoms with Gasteiger partial charge < -0.3 is 9.84 Å². The maximum Gasteiger partial charge on any atom is 0.387 e. The lowest BCUT2D eigenvalue weighted by Gasteiger charge is -2.08. The molecule has 0 amide bonds. The summed E-state index contributed by atoms with van der Waals surface area (Å²) in [5.74, 6) is -2.95. The second kappa shape index (κ2) is 5.33. The van der Waals surface area contributed by atoms with Crippen LogP contribution in [0, 0.1) is 5.82 Å². The maximum atomic E-state index is 13.3. The lowest BCUT2D eigenvalue weighted by atomic mass is 10.0. The lowest BCUT2D eigenvalue weighted by molar-refractivity contribution is -0.136. The van der Waals surface area contributed by atoms with Crippen LogP contribution in [0.2, 0.25) is 0 Å². The summed E-state index contributed by atoms with van der Waals surface area (Å²) in [6.07, 6.45) is -0.537. The highest BCUT2D eigenvalue weighted by molar-refractivity contribution is 5.82. The molecule has 17 heavy (non-hydrogen) atoms. The molecule has 0 unspecified atom stereocenters. The van der Waals surface area contributed by atoms with Crippen molar-refractivity contribution in [1.29, 1.82) is 0 Å². The number of rotatable bonds is 5. The van der Waals surface area contributed by atoms with Crippen LogP contribution in [0.3, 0.4) is 0 Å². The van der Waals surface area contributed by atoms with E-state index in [0.29, 0.717) is 6.07 Å². The molecule has 92 valence electrons. The fourth-order valence-corrected chi connectivity index (χ4v) is 1.26. The Morgan fingerprint density at radius 3 is 2.59 bits per heavy atom. The summed E-state index contributed by atoms with van der Waals surface area (Å²) < 4.78 is 41.0. The molecule has 4 nitrogen and oxygen atoms in total. The van der Waals surface area contributed by atoms with Crippen LogP contribution in [0.5, 0.6) is 5.75 Å². The highest BCUT2D eigenvalue weighted by Gasteiger charge is 2.15. The summed E-state index contributed by atoms with van der Waals surface area (Å²) in [5, 5.41) is 8.52. The van der Waals surface area contributed by atoms with E-state index in [1.807, 2.05) is 0 Å². The third kappa shape index (κ3) is 3.47. The highest BCUT2D eigenvalue weighted by atomic mass is 19.3. The Labute approximate surface area is 93.6 Å². The molecule has 1 aromatic rings. The Morgan fingerprint density at radius 1 is 1.47 bits per heavy atom. The van der Waals surface area contributed by atoms with Crippen LogP contribution < -0.4 is 4.74 Å². The van der Waals surface area contributed by atoms with Crippen LogP contribution in [0.25, 0.3) is 0 Å². The number of ether oxygens (including phenoxy) is 1. The zero-order valence-electron chi connectivity index (χ0n) is 8.32. The van der Waals surface area contributed by atoms with Gasteiger partial charge in [-0.25, -0.2) is 4.39 Å². The van der Waals surface area contributed by atoms with Crippen molar-refractivity contribution < 1.29 is 32.6 Å². The second-order valence-electron chi connectivity index (χ2n) is 3.04. The number of carboxylic acids is 1. The normalized spacial score (nSPS) is 10.4. The number of halogens is 3. The molecule has 0 atom stereocenters. The van der Waals surface area contributed by atoms with Crippen molar-refractivity contribution in [3.8, 4) is 5.75 Å². The molecule has 0 saturated heterocycles. The molecular weight excluding hydrogens is 241 g/mol. The number of carbonyl (C=O) groups is 2. The largest absolute Gasteiger partial charge is 0.481 e. The molecule has 0 aromatic heterocycles. The van der Waals surface area contributed by atoms with Crippen LogP contribution in [0.15, 0.2) is 12.1 Å². The van der Waals surface area contributed by atoms with Crippen molar-refractivity contribution in [2.75, 3.05) is 0 Å². The number of carbonyl (C=O) groups excluding carboxylic acids is 1. The van der Waals surface area contributed by atoms with Gasteiger partial charge in [0.15, 0.2) is 6.29 Å². The minimum Gasteiger partial charge on any atom is -0.481 e. The molecule has 7 heteroatoms. The number of hydrogen-bond donors (Lipinski definition) is 1. The SMILES string of the molecule is O=Cc1c(F)cc(OC(F)F)cc1CC(=O)O.